The first-order chi connectivity index (χ1) is 7.92. The lowest BCUT2D eigenvalue weighted by molar-refractivity contribution is -0.117. The molecule has 1 aliphatic rings. The first-order valence-corrected chi connectivity index (χ1v) is 5.86. The van der Waals surface area contributed by atoms with Crippen molar-refractivity contribution in [3.63, 3.8) is 0 Å². The molecule has 1 amide bonds. The normalized spacial score (nSPS) is 18.1. The number of nitrogens with zero attached hydrogens (tertiary/aromatic N) is 2. The molecule has 0 bridgehead atoms. The van der Waals surface area contributed by atoms with Crippen LogP contribution in [0.2, 0.25) is 0 Å². The van der Waals surface area contributed by atoms with Crippen LogP contribution in [0.15, 0.2) is 29.3 Å². The number of carbonyl (C=O) groups is 1. The van der Waals surface area contributed by atoms with Gasteiger partial charge in [-0.25, -0.2) is 0 Å². The van der Waals surface area contributed by atoms with E-state index in [1.54, 1.807) is 6.92 Å². The van der Waals surface area contributed by atoms with Crippen LogP contribution in [0, 0.1) is 0 Å². The Bertz CT molecular complexity index is 489. The molecule has 0 radical (unpaired) electrons. The highest BCUT2D eigenvalue weighted by Gasteiger charge is 2.34. The first-order valence-electron chi connectivity index (χ1n) is 5.86. The molecule has 90 valence electrons. The van der Waals surface area contributed by atoms with Gasteiger partial charge in [-0.1, -0.05) is 12.1 Å². The number of para-hydroxylation sites is 2. The van der Waals surface area contributed by atoms with Gasteiger partial charge in [-0.3, -0.25) is 9.79 Å². The maximum absolute atomic E-state index is 11.9. The Labute approximate surface area is 102 Å². The van der Waals surface area contributed by atoms with Gasteiger partial charge in [0, 0.05) is 24.6 Å². The van der Waals surface area contributed by atoms with Gasteiger partial charge in [0.2, 0.25) is 5.91 Å². The van der Waals surface area contributed by atoms with Crippen LogP contribution in [0.3, 0.4) is 0 Å². The van der Waals surface area contributed by atoms with E-state index in [1.165, 1.54) is 0 Å². The topological polar surface area (TPSA) is 32.7 Å². The monoisotopic (exact) mass is 230 g/mol. The second-order valence-electron chi connectivity index (χ2n) is 5.18. The van der Waals surface area contributed by atoms with Crippen LogP contribution in [-0.2, 0) is 4.79 Å². The number of anilines is 1. The van der Waals surface area contributed by atoms with E-state index in [2.05, 4.69) is 18.8 Å². The van der Waals surface area contributed by atoms with Crippen LogP contribution >= 0.6 is 0 Å². The summed E-state index contributed by atoms with van der Waals surface area (Å²) in [6.07, 6.45) is 0.793. The molecule has 0 aliphatic carbocycles. The van der Waals surface area contributed by atoms with Crippen LogP contribution in [-0.4, -0.2) is 17.2 Å². The zero-order valence-electron chi connectivity index (χ0n) is 10.8. The lowest BCUT2D eigenvalue weighted by Gasteiger charge is -2.37. The molecule has 0 atom stereocenters. The van der Waals surface area contributed by atoms with E-state index in [0.29, 0.717) is 0 Å². The Morgan fingerprint density at radius 3 is 2.65 bits per heavy atom. The van der Waals surface area contributed by atoms with Crippen molar-refractivity contribution in [3.8, 4) is 0 Å². The van der Waals surface area contributed by atoms with E-state index in [1.807, 2.05) is 36.1 Å². The second kappa shape index (κ2) is 3.99. The minimum atomic E-state index is -0.230. The van der Waals surface area contributed by atoms with Gasteiger partial charge in [-0.15, -0.1) is 0 Å². The molecule has 1 aliphatic heterocycles. The quantitative estimate of drug-likeness (QED) is 0.673. The minimum Gasteiger partial charge on any atom is -0.305 e. The predicted molar refractivity (Wildman–Crippen MR) is 71.1 cm³/mol. The Morgan fingerprint density at radius 2 is 2.00 bits per heavy atom. The summed E-state index contributed by atoms with van der Waals surface area (Å²) >= 11 is 0. The number of hydrogen-bond donors (Lipinski definition) is 0. The predicted octanol–water partition coefficient (Wildman–Crippen LogP) is 3.31. The van der Waals surface area contributed by atoms with Gasteiger partial charge in [0.05, 0.1) is 11.4 Å². The highest BCUT2D eigenvalue weighted by Crippen LogP contribution is 2.37. The van der Waals surface area contributed by atoms with Crippen LogP contribution in [0.25, 0.3) is 0 Å². The lowest BCUT2D eigenvalue weighted by atomic mass is 9.95. The third-order valence-corrected chi connectivity index (χ3v) is 3.04. The molecule has 3 heteroatoms. The summed E-state index contributed by atoms with van der Waals surface area (Å²) in [6.45, 7) is 7.78. The molecule has 3 nitrogen and oxygen atoms in total. The number of rotatable bonds is 0. The molecule has 1 aromatic carbocycles. The van der Waals surface area contributed by atoms with Crippen LogP contribution in [0.1, 0.15) is 34.1 Å². The van der Waals surface area contributed by atoms with Crippen molar-refractivity contribution in [2.24, 2.45) is 4.99 Å². The molecular weight excluding hydrogens is 212 g/mol. The number of fused-ring (bicyclic) bond motifs is 1. The summed E-state index contributed by atoms with van der Waals surface area (Å²) in [6, 6.07) is 7.81. The van der Waals surface area contributed by atoms with Crippen molar-refractivity contribution >= 4 is 23.0 Å². The molecule has 2 rings (SSSR count). The third-order valence-electron chi connectivity index (χ3n) is 3.04. The number of benzene rings is 1. The summed E-state index contributed by atoms with van der Waals surface area (Å²) in [7, 11) is 0. The fourth-order valence-corrected chi connectivity index (χ4v) is 2.62. The molecule has 1 aromatic rings. The van der Waals surface area contributed by atoms with E-state index in [0.717, 1.165) is 23.5 Å². The van der Waals surface area contributed by atoms with Crippen molar-refractivity contribution in [1.82, 2.24) is 0 Å². The van der Waals surface area contributed by atoms with E-state index < -0.39 is 0 Å². The van der Waals surface area contributed by atoms with Gasteiger partial charge in [-0.05, 0) is 32.9 Å². The maximum Gasteiger partial charge on any atom is 0.224 e. The Morgan fingerprint density at radius 1 is 1.35 bits per heavy atom. The standard InChI is InChI=1S/C14H18N2O/c1-10-9-14(3,4)16(11(2)17)13-8-6-5-7-12(13)15-10/h5-8H,9H2,1-4H3. The van der Waals surface area contributed by atoms with E-state index in [-0.39, 0.29) is 11.4 Å². The average Bonchev–Trinajstić information content (AvgIpc) is 2.27. The van der Waals surface area contributed by atoms with Gasteiger partial charge in [0.25, 0.3) is 0 Å². The minimum absolute atomic E-state index is 0.0624. The van der Waals surface area contributed by atoms with Gasteiger partial charge < -0.3 is 4.90 Å². The molecule has 1 heterocycles. The van der Waals surface area contributed by atoms with Crippen molar-refractivity contribution in [2.75, 3.05) is 4.90 Å². The zero-order valence-corrected chi connectivity index (χ0v) is 10.8. The molecule has 0 fully saturated rings. The third kappa shape index (κ3) is 2.09. The number of carbonyl (C=O) groups excluding carboxylic acids is 1. The van der Waals surface area contributed by atoms with Crippen molar-refractivity contribution < 1.29 is 4.79 Å². The SMILES string of the molecule is CC(=O)N1c2ccccc2N=C(C)CC1(C)C. The van der Waals surface area contributed by atoms with Gasteiger partial charge in [-0.2, -0.15) is 0 Å². The van der Waals surface area contributed by atoms with Gasteiger partial charge in [0.15, 0.2) is 0 Å². The van der Waals surface area contributed by atoms with E-state index in [4.69, 9.17) is 0 Å². The fourth-order valence-electron chi connectivity index (χ4n) is 2.62. The molecule has 0 saturated carbocycles. The van der Waals surface area contributed by atoms with Gasteiger partial charge >= 0.3 is 0 Å². The zero-order chi connectivity index (χ0) is 12.6. The maximum atomic E-state index is 11.9. The van der Waals surface area contributed by atoms with Crippen molar-refractivity contribution in [3.05, 3.63) is 24.3 Å². The Hall–Kier alpha value is -1.64. The molecule has 0 unspecified atom stereocenters. The second-order valence-corrected chi connectivity index (χ2v) is 5.18. The summed E-state index contributed by atoms with van der Waals surface area (Å²) in [5.74, 6) is 0.0624. The Kier molecular flexibility index (Phi) is 2.77. The number of aliphatic imine (C=N–C) groups is 1. The van der Waals surface area contributed by atoms with Crippen molar-refractivity contribution in [1.29, 1.82) is 0 Å². The smallest absolute Gasteiger partial charge is 0.224 e. The highest BCUT2D eigenvalue weighted by molar-refractivity contribution is 6.00. The summed E-state index contributed by atoms with van der Waals surface area (Å²) in [4.78, 5) is 18.4. The molecule has 0 spiro atoms. The van der Waals surface area contributed by atoms with E-state index in [9.17, 15) is 4.79 Å². The number of hydrogen-bond acceptors (Lipinski definition) is 2. The summed E-state index contributed by atoms with van der Waals surface area (Å²) in [5, 5.41) is 0. The van der Waals surface area contributed by atoms with E-state index >= 15 is 0 Å². The average molecular weight is 230 g/mol. The number of amides is 1. The fraction of sp³-hybridized carbons (Fsp3) is 0.429. The lowest BCUT2D eigenvalue weighted by Crippen LogP contribution is -2.47. The van der Waals surface area contributed by atoms with Crippen LogP contribution < -0.4 is 4.90 Å². The first kappa shape index (κ1) is 11.8. The summed E-state index contributed by atoms with van der Waals surface area (Å²) in [5.41, 5.74) is 2.62. The largest absolute Gasteiger partial charge is 0.305 e. The highest BCUT2D eigenvalue weighted by atomic mass is 16.2. The molecule has 0 saturated heterocycles. The van der Waals surface area contributed by atoms with Crippen LogP contribution in [0.4, 0.5) is 11.4 Å². The Balaban J connectivity index is 2.65. The van der Waals surface area contributed by atoms with Crippen LogP contribution in [0.5, 0.6) is 0 Å². The molecule has 0 aromatic heterocycles. The summed E-state index contributed by atoms with van der Waals surface area (Å²) < 4.78 is 0. The molecular formula is C14H18N2O. The van der Waals surface area contributed by atoms with Gasteiger partial charge in [0.1, 0.15) is 0 Å². The molecule has 0 N–H and O–H groups in total. The molecule has 17 heavy (non-hydrogen) atoms. The van der Waals surface area contributed by atoms with Crippen molar-refractivity contribution in [2.45, 2.75) is 39.7 Å².